The third-order valence-corrected chi connectivity index (χ3v) is 12.1. The van der Waals surface area contributed by atoms with Gasteiger partial charge in [0, 0.05) is 19.3 Å². The molecule has 68 heavy (non-hydrogen) atoms. The van der Waals surface area contributed by atoms with Crippen LogP contribution in [0.1, 0.15) is 271 Å². The fourth-order valence-corrected chi connectivity index (χ4v) is 7.85. The second-order valence-electron chi connectivity index (χ2n) is 18.8. The van der Waals surface area contributed by atoms with Crippen LogP contribution in [0.15, 0.2) is 85.1 Å². The van der Waals surface area contributed by atoms with Crippen LogP contribution >= 0.6 is 0 Å². The van der Waals surface area contributed by atoms with Crippen LogP contribution in [-0.2, 0) is 28.6 Å². The minimum Gasteiger partial charge on any atom is -0.462 e. The van der Waals surface area contributed by atoms with Gasteiger partial charge in [-0.05, 0) is 96.3 Å². The lowest BCUT2D eigenvalue weighted by atomic mass is 10.1. The Kier molecular flexibility index (Phi) is 53.4. The van der Waals surface area contributed by atoms with Gasteiger partial charge in [-0.3, -0.25) is 14.4 Å². The summed E-state index contributed by atoms with van der Waals surface area (Å²) < 4.78 is 16.8. The number of ether oxygens (including phenoxy) is 3. The molecule has 0 radical (unpaired) electrons. The van der Waals surface area contributed by atoms with E-state index in [4.69, 9.17) is 14.2 Å². The molecule has 6 heteroatoms. The summed E-state index contributed by atoms with van der Waals surface area (Å²) in [6, 6.07) is 0. The van der Waals surface area contributed by atoms with E-state index in [0.29, 0.717) is 19.3 Å². The summed E-state index contributed by atoms with van der Waals surface area (Å²) in [6.45, 7) is 6.47. The largest absolute Gasteiger partial charge is 0.462 e. The number of esters is 3. The summed E-state index contributed by atoms with van der Waals surface area (Å²) >= 11 is 0. The van der Waals surface area contributed by atoms with Crippen molar-refractivity contribution in [1.29, 1.82) is 0 Å². The summed E-state index contributed by atoms with van der Waals surface area (Å²) in [6.07, 6.45) is 73.0. The Morgan fingerprint density at radius 3 is 0.926 bits per heavy atom. The molecular formula is C62H106O6. The Bertz CT molecular complexity index is 1320. The third-order valence-electron chi connectivity index (χ3n) is 12.1. The standard InChI is InChI=1S/C62H106O6/c1-4-7-10-13-16-19-21-23-25-27-28-29-30-31-32-33-34-36-37-39-41-43-46-49-52-55-61(64)67-58-59(57-66-60(63)54-51-48-45-18-15-12-9-6-3)68-62(65)56-53-50-47-44-42-40-38-35-26-24-22-20-17-14-11-8-5-2/h7,10,16-17,19-20,23-26,28-29,31-32,59H,4-6,8-9,11-15,18,21-22,27,30,33-58H2,1-3H3/b10-7-,19-16-,20-17-,25-23-,26-24-,29-28-,32-31-. The normalized spacial score (nSPS) is 12.7. The Balaban J connectivity index is 4.24. The van der Waals surface area contributed by atoms with Crippen molar-refractivity contribution >= 4 is 17.9 Å². The predicted octanol–water partition coefficient (Wildman–Crippen LogP) is 19.2. The van der Waals surface area contributed by atoms with E-state index in [1.807, 2.05) is 0 Å². The SMILES string of the molecule is CC/C=C\C/C=C\C/C=C\C/C=C\C/C=C\CCCCCCCCCCCC(=O)OCC(COC(=O)CCCCCCCCCC)OC(=O)CCCCCCCCC/C=C\C/C=C\CCCCC. The molecule has 6 nitrogen and oxygen atoms in total. The van der Waals surface area contributed by atoms with Crippen molar-refractivity contribution in [1.82, 2.24) is 0 Å². The van der Waals surface area contributed by atoms with Gasteiger partial charge in [0.25, 0.3) is 0 Å². The number of carbonyl (C=O) groups is 3. The first-order valence-corrected chi connectivity index (χ1v) is 28.6. The first-order valence-electron chi connectivity index (χ1n) is 28.6. The molecule has 0 aromatic rings. The summed E-state index contributed by atoms with van der Waals surface area (Å²) in [5.41, 5.74) is 0. The molecule has 0 spiro atoms. The Hall–Kier alpha value is -3.41. The first kappa shape index (κ1) is 64.6. The molecule has 0 aliphatic rings. The molecule has 0 aliphatic carbocycles. The predicted molar refractivity (Wildman–Crippen MR) is 293 cm³/mol. The molecule has 0 N–H and O–H groups in total. The van der Waals surface area contributed by atoms with Crippen molar-refractivity contribution in [3.63, 3.8) is 0 Å². The fourth-order valence-electron chi connectivity index (χ4n) is 7.85. The van der Waals surface area contributed by atoms with Gasteiger partial charge >= 0.3 is 17.9 Å². The number of allylic oxidation sites excluding steroid dienone is 14. The highest BCUT2D eigenvalue weighted by atomic mass is 16.6. The molecule has 0 bridgehead atoms. The van der Waals surface area contributed by atoms with Crippen molar-refractivity contribution in [3.05, 3.63) is 85.1 Å². The zero-order chi connectivity index (χ0) is 49.3. The molecular weight excluding hydrogens is 841 g/mol. The molecule has 0 saturated heterocycles. The van der Waals surface area contributed by atoms with E-state index in [0.717, 1.165) is 109 Å². The van der Waals surface area contributed by atoms with E-state index < -0.39 is 6.10 Å². The van der Waals surface area contributed by atoms with Crippen molar-refractivity contribution < 1.29 is 28.6 Å². The van der Waals surface area contributed by atoms with E-state index in [-0.39, 0.29) is 31.1 Å². The van der Waals surface area contributed by atoms with Gasteiger partial charge in [0.05, 0.1) is 0 Å². The van der Waals surface area contributed by atoms with Crippen LogP contribution in [0.3, 0.4) is 0 Å². The van der Waals surface area contributed by atoms with Crippen LogP contribution in [0.5, 0.6) is 0 Å². The van der Waals surface area contributed by atoms with Crippen molar-refractivity contribution in [3.8, 4) is 0 Å². The lowest BCUT2D eigenvalue weighted by Gasteiger charge is -2.18. The highest BCUT2D eigenvalue weighted by Gasteiger charge is 2.19. The molecule has 0 heterocycles. The Morgan fingerprint density at radius 2 is 0.574 bits per heavy atom. The van der Waals surface area contributed by atoms with E-state index in [2.05, 4.69) is 106 Å². The molecule has 0 aromatic carbocycles. The third kappa shape index (κ3) is 53.5. The van der Waals surface area contributed by atoms with E-state index in [9.17, 15) is 14.4 Å². The molecule has 0 aromatic heterocycles. The quantitative estimate of drug-likeness (QED) is 0.0262. The number of unbranched alkanes of at least 4 members (excludes halogenated alkanes) is 26. The molecule has 0 amide bonds. The van der Waals surface area contributed by atoms with Crippen molar-refractivity contribution in [2.75, 3.05) is 13.2 Å². The number of carbonyl (C=O) groups excluding carboxylic acids is 3. The topological polar surface area (TPSA) is 78.9 Å². The average molecular weight is 948 g/mol. The number of hydrogen-bond donors (Lipinski definition) is 0. The van der Waals surface area contributed by atoms with Crippen LogP contribution in [0.25, 0.3) is 0 Å². The maximum absolute atomic E-state index is 12.8. The zero-order valence-electron chi connectivity index (χ0n) is 44.6. The number of hydrogen-bond acceptors (Lipinski definition) is 6. The van der Waals surface area contributed by atoms with E-state index in [1.54, 1.807) is 0 Å². The van der Waals surface area contributed by atoms with Crippen LogP contribution in [0, 0.1) is 0 Å². The maximum atomic E-state index is 12.8. The van der Waals surface area contributed by atoms with Gasteiger partial charge in [0.15, 0.2) is 6.10 Å². The molecule has 1 unspecified atom stereocenters. The van der Waals surface area contributed by atoms with Gasteiger partial charge < -0.3 is 14.2 Å². The van der Waals surface area contributed by atoms with Gasteiger partial charge in [-0.15, -0.1) is 0 Å². The minimum absolute atomic E-state index is 0.0802. The monoisotopic (exact) mass is 947 g/mol. The van der Waals surface area contributed by atoms with Crippen molar-refractivity contribution in [2.45, 2.75) is 277 Å². The lowest BCUT2D eigenvalue weighted by molar-refractivity contribution is -0.167. The Morgan fingerprint density at radius 1 is 0.309 bits per heavy atom. The molecule has 1 atom stereocenters. The molecule has 0 rings (SSSR count). The molecule has 0 fully saturated rings. The van der Waals surface area contributed by atoms with Crippen molar-refractivity contribution in [2.24, 2.45) is 0 Å². The van der Waals surface area contributed by atoms with Crippen LogP contribution in [0.2, 0.25) is 0 Å². The second kappa shape index (κ2) is 56.2. The lowest BCUT2D eigenvalue weighted by Crippen LogP contribution is -2.30. The molecule has 0 aliphatic heterocycles. The highest BCUT2D eigenvalue weighted by molar-refractivity contribution is 5.71. The Labute approximate surface area is 420 Å². The van der Waals surface area contributed by atoms with Gasteiger partial charge in [-0.1, -0.05) is 241 Å². The summed E-state index contributed by atoms with van der Waals surface area (Å²) in [4.78, 5) is 38.0. The maximum Gasteiger partial charge on any atom is 0.306 e. The fraction of sp³-hybridized carbons (Fsp3) is 0.726. The van der Waals surface area contributed by atoms with E-state index >= 15 is 0 Å². The van der Waals surface area contributed by atoms with Crippen LogP contribution in [0.4, 0.5) is 0 Å². The smallest absolute Gasteiger partial charge is 0.306 e. The van der Waals surface area contributed by atoms with Crippen LogP contribution < -0.4 is 0 Å². The zero-order valence-corrected chi connectivity index (χ0v) is 44.6. The minimum atomic E-state index is -0.781. The summed E-state index contributed by atoms with van der Waals surface area (Å²) in [7, 11) is 0. The summed E-state index contributed by atoms with van der Waals surface area (Å²) in [5.74, 6) is -0.894. The average Bonchev–Trinajstić information content (AvgIpc) is 3.34. The number of rotatable bonds is 51. The van der Waals surface area contributed by atoms with Gasteiger partial charge in [-0.25, -0.2) is 0 Å². The van der Waals surface area contributed by atoms with Gasteiger partial charge in [-0.2, -0.15) is 0 Å². The van der Waals surface area contributed by atoms with E-state index in [1.165, 1.54) is 122 Å². The second-order valence-corrected chi connectivity index (χ2v) is 18.8. The van der Waals surface area contributed by atoms with Gasteiger partial charge in [0.1, 0.15) is 13.2 Å². The first-order chi connectivity index (χ1) is 33.5. The molecule has 0 saturated carbocycles. The molecule has 390 valence electrons. The summed E-state index contributed by atoms with van der Waals surface area (Å²) in [5, 5.41) is 0. The van der Waals surface area contributed by atoms with Crippen LogP contribution in [-0.4, -0.2) is 37.2 Å². The highest BCUT2D eigenvalue weighted by Crippen LogP contribution is 2.15. The van der Waals surface area contributed by atoms with Gasteiger partial charge in [0.2, 0.25) is 0 Å².